The van der Waals surface area contributed by atoms with Crippen LogP contribution in [0.1, 0.15) is 23.8 Å². The van der Waals surface area contributed by atoms with Crippen molar-refractivity contribution in [2.75, 3.05) is 31.1 Å². The van der Waals surface area contributed by atoms with E-state index >= 15 is 0 Å². The number of pyridine rings is 1. The molecule has 6 nitrogen and oxygen atoms in total. The molecular formula is C13H18N4O2. The fourth-order valence-corrected chi connectivity index (χ4v) is 2.15. The molecular weight excluding hydrogens is 244 g/mol. The zero-order valence-electron chi connectivity index (χ0n) is 11.0. The SMILES string of the molecule is CCC(=O)N1CCN(c2cccc(C(N)=O)n2)CC1. The summed E-state index contributed by atoms with van der Waals surface area (Å²) < 4.78 is 0. The largest absolute Gasteiger partial charge is 0.364 e. The van der Waals surface area contributed by atoms with Crippen LogP contribution in [0.2, 0.25) is 0 Å². The van der Waals surface area contributed by atoms with Gasteiger partial charge in [-0.2, -0.15) is 0 Å². The average Bonchev–Trinajstić information content (AvgIpc) is 2.46. The quantitative estimate of drug-likeness (QED) is 0.846. The van der Waals surface area contributed by atoms with Gasteiger partial charge in [0, 0.05) is 32.6 Å². The van der Waals surface area contributed by atoms with E-state index in [0.717, 1.165) is 18.9 Å². The zero-order valence-corrected chi connectivity index (χ0v) is 11.0. The molecule has 0 saturated carbocycles. The number of hydrogen-bond acceptors (Lipinski definition) is 4. The van der Waals surface area contributed by atoms with Crippen LogP contribution < -0.4 is 10.6 Å². The highest BCUT2D eigenvalue weighted by Crippen LogP contribution is 2.14. The molecule has 1 aliphatic rings. The number of carbonyl (C=O) groups excluding carboxylic acids is 2. The molecule has 1 aliphatic heterocycles. The van der Waals surface area contributed by atoms with E-state index in [1.165, 1.54) is 0 Å². The fraction of sp³-hybridized carbons (Fsp3) is 0.462. The van der Waals surface area contributed by atoms with Crippen molar-refractivity contribution in [1.29, 1.82) is 0 Å². The van der Waals surface area contributed by atoms with E-state index in [4.69, 9.17) is 5.73 Å². The van der Waals surface area contributed by atoms with Crippen LogP contribution in [-0.4, -0.2) is 47.9 Å². The number of nitrogens with two attached hydrogens (primary N) is 1. The predicted octanol–water partition coefficient (Wildman–Crippen LogP) is 0.239. The molecule has 0 bridgehead atoms. The molecule has 0 radical (unpaired) electrons. The summed E-state index contributed by atoms with van der Waals surface area (Å²) in [4.78, 5) is 30.8. The number of hydrogen-bond donors (Lipinski definition) is 1. The maximum absolute atomic E-state index is 11.6. The number of primary amides is 1. The van der Waals surface area contributed by atoms with Crippen molar-refractivity contribution in [3.63, 3.8) is 0 Å². The maximum Gasteiger partial charge on any atom is 0.267 e. The first kappa shape index (κ1) is 13.3. The van der Waals surface area contributed by atoms with Crippen molar-refractivity contribution >= 4 is 17.6 Å². The Hall–Kier alpha value is -2.11. The molecule has 2 heterocycles. The van der Waals surface area contributed by atoms with Crippen LogP contribution >= 0.6 is 0 Å². The minimum absolute atomic E-state index is 0.179. The Balaban J connectivity index is 2.03. The fourth-order valence-electron chi connectivity index (χ4n) is 2.15. The van der Waals surface area contributed by atoms with Crippen LogP contribution in [0.15, 0.2) is 18.2 Å². The molecule has 0 unspecified atom stereocenters. The van der Waals surface area contributed by atoms with Gasteiger partial charge < -0.3 is 15.5 Å². The first-order chi connectivity index (χ1) is 9.11. The Bertz CT molecular complexity index is 481. The van der Waals surface area contributed by atoms with Gasteiger partial charge >= 0.3 is 0 Å². The van der Waals surface area contributed by atoms with Crippen LogP contribution in [0.5, 0.6) is 0 Å². The summed E-state index contributed by atoms with van der Waals surface area (Å²) in [6, 6.07) is 5.22. The third-order valence-electron chi connectivity index (χ3n) is 3.25. The minimum Gasteiger partial charge on any atom is -0.364 e. The third kappa shape index (κ3) is 3.01. The molecule has 2 amide bonds. The van der Waals surface area contributed by atoms with Gasteiger partial charge in [-0.25, -0.2) is 4.98 Å². The monoisotopic (exact) mass is 262 g/mol. The molecule has 1 aromatic heterocycles. The second-order valence-electron chi connectivity index (χ2n) is 4.47. The van der Waals surface area contributed by atoms with Gasteiger partial charge in [-0.3, -0.25) is 9.59 Å². The van der Waals surface area contributed by atoms with Gasteiger partial charge in [0.2, 0.25) is 5.91 Å². The summed E-state index contributed by atoms with van der Waals surface area (Å²) in [5, 5.41) is 0. The Morgan fingerprint density at radius 1 is 1.26 bits per heavy atom. The molecule has 6 heteroatoms. The average molecular weight is 262 g/mol. The van der Waals surface area contributed by atoms with E-state index < -0.39 is 5.91 Å². The summed E-state index contributed by atoms with van der Waals surface area (Å²) in [5.74, 6) is 0.389. The first-order valence-corrected chi connectivity index (χ1v) is 6.41. The molecule has 1 fully saturated rings. The Kier molecular flexibility index (Phi) is 3.99. The molecule has 0 aromatic carbocycles. The highest BCUT2D eigenvalue weighted by Gasteiger charge is 2.21. The van der Waals surface area contributed by atoms with E-state index in [1.807, 2.05) is 17.9 Å². The van der Waals surface area contributed by atoms with Gasteiger partial charge in [0.15, 0.2) is 0 Å². The molecule has 2 rings (SSSR count). The first-order valence-electron chi connectivity index (χ1n) is 6.41. The summed E-state index contributed by atoms with van der Waals surface area (Å²) in [7, 11) is 0. The van der Waals surface area contributed by atoms with Crippen molar-refractivity contribution < 1.29 is 9.59 Å². The highest BCUT2D eigenvalue weighted by atomic mass is 16.2. The number of amides is 2. The number of nitrogens with zero attached hydrogens (tertiary/aromatic N) is 3. The number of piperazine rings is 1. The second-order valence-corrected chi connectivity index (χ2v) is 4.47. The molecule has 0 atom stereocenters. The standard InChI is InChI=1S/C13H18N4O2/c1-2-12(18)17-8-6-16(7-9-17)11-5-3-4-10(15-11)13(14)19/h3-5H,2,6-9H2,1H3,(H2,14,19). The zero-order chi connectivity index (χ0) is 13.8. The highest BCUT2D eigenvalue weighted by molar-refractivity contribution is 5.91. The molecule has 1 aromatic rings. The summed E-state index contributed by atoms with van der Waals surface area (Å²) >= 11 is 0. The predicted molar refractivity (Wildman–Crippen MR) is 71.8 cm³/mol. The third-order valence-corrected chi connectivity index (χ3v) is 3.25. The van der Waals surface area contributed by atoms with E-state index in [1.54, 1.807) is 12.1 Å². The van der Waals surface area contributed by atoms with Crippen LogP contribution in [0.3, 0.4) is 0 Å². The molecule has 102 valence electrons. The second kappa shape index (κ2) is 5.69. The lowest BCUT2D eigenvalue weighted by Crippen LogP contribution is -2.48. The lowest BCUT2D eigenvalue weighted by Gasteiger charge is -2.35. The van der Waals surface area contributed by atoms with Crippen molar-refractivity contribution in [3.8, 4) is 0 Å². The number of anilines is 1. The summed E-state index contributed by atoms with van der Waals surface area (Å²) in [5.41, 5.74) is 5.49. The maximum atomic E-state index is 11.6. The van der Waals surface area contributed by atoms with Crippen LogP contribution in [0.4, 0.5) is 5.82 Å². The molecule has 1 saturated heterocycles. The number of aromatic nitrogens is 1. The van der Waals surface area contributed by atoms with Crippen molar-refractivity contribution in [3.05, 3.63) is 23.9 Å². The Labute approximate surface area is 112 Å². The molecule has 2 N–H and O–H groups in total. The van der Waals surface area contributed by atoms with Gasteiger partial charge in [-0.05, 0) is 12.1 Å². The van der Waals surface area contributed by atoms with E-state index in [-0.39, 0.29) is 11.6 Å². The van der Waals surface area contributed by atoms with Crippen molar-refractivity contribution in [1.82, 2.24) is 9.88 Å². The smallest absolute Gasteiger partial charge is 0.267 e. The number of rotatable bonds is 3. The normalized spacial score (nSPS) is 15.4. The molecule has 0 spiro atoms. The lowest BCUT2D eigenvalue weighted by molar-refractivity contribution is -0.131. The van der Waals surface area contributed by atoms with Crippen LogP contribution in [0.25, 0.3) is 0 Å². The summed E-state index contributed by atoms with van der Waals surface area (Å²) in [6.07, 6.45) is 0.537. The van der Waals surface area contributed by atoms with Crippen molar-refractivity contribution in [2.24, 2.45) is 5.73 Å². The molecule has 0 aliphatic carbocycles. The van der Waals surface area contributed by atoms with Gasteiger partial charge in [0.1, 0.15) is 11.5 Å². The number of carbonyl (C=O) groups is 2. The van der Waals surface area contributed by atoms with Crippen LogP contribution in [-0.2, 0) is 4.79 Å². The Morgan fingerprint density at radius 3 is 2.53 bits per heavy atom. The van der Waals surface area contributed by atoms with Gasteiger partial charge in [-0.15, -0.1) is 0 Å². The van der Waals surface area contributed by atoms with Crippen LogP contribution in [0, 0.1) is 0 Å². The van der Waals surface area contributed by atoms with Gasteiger partial charge in [0.25, 0.3) is 5.91 Å². The van der Waals surface area contributed by atoms with E-state index in [9.17, 15) is 9.59 Å². The topological polar surface area (TPSA) is 79.5 Å². The van der Waals surface area contributed by atoms with E-state index in [2.05, 4.69) is 9.88 Å². The van der Waals surface area contributed by atoms with E-state index in [0.29, 0.717) is 19.5 Å². The Morgan fingerprint density at radius 2 is 1.95 bits per heavy atom. The lowest BCUT2D eigenvalue weighted by atomic mass is 10.2. The van der Waals surface area contributed by atoms with Gasteiger partial charge in [-0.1, -0.05) is 13.0 Å². The van der Waals surface area contributed by atoms with Gasteiger partial charge in [0.05, 0.1) is 0 Å². The molecule has 19 heavy (non-hydrogen) atoms. The summed E-state index contributed by atoms with van der Waals surface area (Å²) in [6.45, 7) is 4.69. The minimum atomic E-state index is -0.526. The van der Waals surface area contributed by atoms with Crippen molar-refractivity contribution in [2.45, 2.75) is 13.3 Å².